The van der Waals surface area contributed by atoms with E-state index in [9.17, 15) is 4.79 Å². The van der Waals surface area contributed by atoms with Crippen molar-refractivity contribution in [1.29, 1.82) is 0 Å². The molecule has 0 aromatic heterocycles. The molecule has 2 rings (SSSR count). The maximum absolute atomic E-state index is 12.3. The van der Waals surface area contributed by atoms with Crippen molar-refractivity contribution >= 4 is 5.91 Å². The minimum absolute atomic E-state index is 0.0156. The van der Waals surface area contributed by atoms with Crippen molar-refractivity contribution in [2.75, 3.05) is 13.1 Å². The number of carbonyl (C=O) groups excluding carboxylic acids is 1. The van der Waals surface area contributed by atoms with Gasteiger partial charge in [-0.3, -0.25) is 4.79 Å². The van der Waals surface area contributed by atoms with Gasteiger partial charge in [0.25, 0.3) is 5.91 Å². The highest BCUT2D eigenvalue weighted by Gasteiger charge is 2.27. The molecule has 3 heteroatoms. The molecule has 0 saturated heterocycles. The molecule has 0 unspecified atom stereocenters. The Morgan fingerprint density at radius 2 is 2.10 bits per heavy atom. The molecular formula is C18H24N2O. The van der Waals surface area contributed by atoms with Gasteiger partial charge < -0.3 is 11.1 Å². The summed E-state index contributed by atoms with van der Waals surface area (Å²) in [6.45, 7) is 3.36. The molecule has 1 fully saturated rings. The average Bonchev–Trinajstić information content (AvgIpc) is 2.52. The van der Waals surface area contributed by atoms with Crippen LogP contribution in [0, 0.1) is 17.3 Å². The second kappa shape index (κ2) is 7.28. The van der Waals surface area contributed by atoms with Crippen LogP contribution >= 0.6 is 0 Å². The summed E-state index contributed by atoms with van der Waals surface area (Å²) in [7, 11) is 0. The Labute approximate surface area is 127 Å². The zero-order chi connectivity index (χ0) is 15.1. The third kappa shape index (κ3) is 4.61. The van der Waals surface area contributed by atoms with Crippen molar-refractivity contribution in [3.05, 3.63) is 35.4 Å². The fourth-order valence-corrected chi connectivity index (χ4v) is 2.87. The quantitative estimate of drug-likeness (QED) is 0.839. The fraction of sp³-hybridized carbons (Fsp3) is 0.500. The van der Waals surface area contributed by atoms with Crippen molar-refractivity contribution < 1.29 is 4.79 Å². The molecule has 3 N–H and O–H groups in total. The van der Waals surface area contributed by atoms with E-state index in [4.69, 9.17) is 5.73 Å². The monoisotopic (exact) mass is 284 g/mol. The Morgan fingerprint density at radius 1 is 1.33 bits per heavy atom. The van der Waals surface area contributed by atoms with Gasteiger partial charge in [-0.1, -0.05) is 44.1 Å². The van der Waals surface area contributed by atoms with Crippen molar-refractivity contribution in [2.45, 2.75) is 39.0 Å². The highest BCUT2D eigenvalue weighted by molar-refractivity contribution is 5.94. The summed E-state index contributed by atoms with van der Waals surface area (Å²) >= 11 is 0. The number of nitrogens with two attached hydrogens (primary N) is 1. The lowest BCUT2D eigenvalue weighted by Crippen LogP contribution is -2.37. The summed E-state index contributed by atoms with van der Waals surface area (Å²) in [6, 6.07) is 7.40. The standard InChI is InChI=1S/C18H24N2O/c1-18(10-3-2-4-11-18)14-20-17(21)16-9-5-7-15(13-16)8-6-12-19/h5,7,9,13H,2-4,10-12,14,19H2,1H3,(H,20,21). The predicted octanol–water partition coefficient (Wildman–Crippen LogP) is 2.70. The van der Waals surface area contributed by atoms with Crippen LogP contribution in [-0.4, -0.2) is 19.0 Å². The predicted molar refractivity (Wildman–Crippen MR) is 85.9 cm³/mol. The van der Waals surface area contributed by atoms with Gasteiger partial charge in [-0.2, -0.15) is 0 Å². The van der Waals surface area contributed by atoms with Crippen LogP contribution in [0.2, 0.25) is 0 Å². The van der Waals surface area contributed by atoms with Gasteiger partial charge in [0.05, 0.1) is 6.54 Å². The van der Waals surface area contributed by atoms with Gasteiger partial charge >= 0.3 is 0 Å². The molecule has 1 aliphatic rings. The van der Waals surface area contributed by atoms with E-state index < -0.39 is 0 Å². The Morgan fingerprint density at radius 3 is 2.81 bits per heavy atom. The van der Waals surface area contributed by atoms with Gasteiger partial charge in [0.1, 0.15) is 0 Å². The number of hydrogen-bond acceptors (Lipinski definition) is 2. The molecule has 3 nitrogen and oxygen atoms in total. The Bertz CT molecular complexity index is 548. The maximum atomic E-state index is 12.3. The molecule has 0 heterocycles. The first kappa shape index (κ1) is 15.6. The molecule has 0 spiro atoms. The van der Waals surface area contributed by atoms with E-state index in [0.29, 0.717) is 12.1 Å². The summed E-state index contributed by atoms with van der Waals surface area (Å²) in [5, 5.41) is 3.08. The minimum Gasteiger partial charge on any atom is -0.351 e. The van der Waals surface area contributed by atoms with Gasteiger partial charge in [0, 0.05) is 17.7 Å². The molecule has 1 amide bonds. The molecule has 1 saturated carbocycles. The van der Waals surface area contributed by atoms with Gasteiger partial charge in [-0.05, 0) is 36.5 Å². The first-order chi connectivity index (χ1) is 10.1. The van der Waals surface area contributed by atoms with E-state index in [1.165, 1.54) is 32.1 Å². The van der Waals surface area contributed by atoms with Gasteiger partial charge in [0.2, 0.25) is 0 Å². The van der Waals surface area contributed by atoms with Crippen LogP contribution in [0.5, 0.6) is 0 Å². The molecule has 21 heavy (non-hydrogen) atoms. The Hall–Kier alpha value is -1.79. The van der Waals surface area contributed by atoms with Crippen LogP contribution in [0.1, 0.15) is 54.9 Å². The van der Waals surface area contributed by atoms with Crippen LogP contribution in [0.15, 0.2) is 24.3 Å². The molecule has 1 aliphatic carbocycles. The highest BCUT2D eigenvalue weighted by Crippen LogP contribution is 2.34. The number of benzene rings is 1. The van der Waals surface area contributed by atoms with Crippen molar-refractivity contribution in [2.24, 2.45) is 11.1 Å². The zero-order valence-corrected chi connectivity index (χ0v) is 12.7. The number of carbonyl (C=O) groups is 1. The minimum atomic E-state index is -0.0156. The van der Waals surface area contributed by atoms with Gasteiger partial charge in [-0.25, -0.2) is 0 Å². The lowest BCUT2D eigenvalue weighted by molar-refractivity contribution is 0.0919. The summed E-state index contributed by atoms with van der Waals surface area (Å²) in [4.78, 5) is 12.3. The number of amides is 1. The third-order valence-corrected chi connectivity index (χ3v) is 4.20. The lowest BCUT2D eigenvalue weighted by atomic mass is 9.76. The van der Waals surface area contributed by atoms with Crippen LogP contribution in [0.25, 0.3) is 0 Å². The Kier molecular flexibility index (Phi) is 5.41. The molecular weight excluding hydrogens is 260 g/mol. The molecule has 1 aromatic rings. The van der Waals surface area contributed by atoms with Crippen LogP contribution < -0.4 is 11.1 Å². The fourth-order valence-electron chi connectivity index (χ4n) is 2.87. The largest absolute Gasteiger partial charge is 0.351 e. The summed E-state index contributed by atoms with van der Waals surface area (Å²) in [6.07, 6.45) is 6.28. The van der Waals surface area contributed by atoms with E-state index in [1.807, 2.05) is 24.3 Å². The number of rotatable bonds is 3. The van der Waals surface area contributed by atoms with Crippen LogP contribution in [-0.2, 0) is 0 Å². The highest BCUT2D eigenvalue weighted by atomic mass is 16.1. The van der Waals surface area contributed by atoms with Crippen molar-refractivity contribution in [1.82, 2.24) is 5.32 Å². The second-order valence-corrected chi connectivity index (χ2v) is 6.14. The summed E-state index contributed by atoms with van der Waals surface area (Å²) in [5.41, 5.74) is 7.12. The van der Waals surface area contributed by atoms with Crippen LogP contribution in [0.4, 0.5) is 0 Å². The SMILES string of the molecule is CC1(CNC(=O)c2cccc(C#CCN)c2)CCCCC1. The number of nitrogens with one attached hydrogen (secondary N) is 1. The first-order valence-electron chi connectivity index (χ1n) is 7.70. The zero-order valence-electron chi connectivity index (χ0n) is 12.7. The Balaban J connectivity index is 1.96. The van der Waals surface area contributed by atoms with Crippen molar-refractivity contribution in [3.8, 4) is 11.8 Å². The normalized spacial score (nSPS) is 16.7. The summed E-state index contributed by atoms with van der Waals surface area (Å²) < 4.78 is 0. The summed E-state index contributed by atoms with van der Waals surface area (Å²) in [5.74, 6) is 5.75. The van der Waals surface area contributed by atoms with Gasteiger partial charge in [0.15, 0.2) is 0 Å². The van der Waals surface area contributed by atoms with Crippen LogP contribution in [0.3, 0.4) is 0 Å². The van der Waals surface area contributed by atoms with E-state index in [-0.39, 0.29) is 11.3 Å². The molecule has 0 atom stereocenters. The maximum Gasteiger partial charge on any atom is 0.251 e. The molecule has 0 bridgehead atoms. The van der Waals surface area contributed by atoms with Gasteiger partial charge in [-0.15, -0.1) is 0 Å². The molecule has 0 aliphatic heterocycles. The second-order valence-electron chi connectivity index (χ2n) is 6.14. The third-order valence-electron chi connectivity index (χ3n) is 4.20. The van der Waals surface area contributed by atoms with E-state index in [0.717, 1.165) is 12.1 Å². The smallest absolute Gasteiger partial charge is 0.251 e. The van der Waals surface area contributed by atoms with E-state index in [1.54, 1.807) is 0 Å². The molecule has 0 radical (unpaired) electrons. The number of hydrogen-bond donors (Lipinski definition) is 2. The van der Waals surface area contributed by atoms with E-state index >= 15 is 0 Å². The molecule has 1 aromatic carbocycles. The lowest BCUT2D eigenvalue weighted by Gasteiger charge is -2.33. The first-order valence-corrected chi connectivity index (χ1v) is 7.70. The topological polar surface area (TPSA) is 55.1 Å². The average molecular weight is 284 g/mol. The molecule has 112 valence electrons. The van der Waals surface area contributed by atoms with E-state index in [2.05, 4.69) is 24.1 Å². The van der Waals surface area contributed by atoms with Crippen molar-refractivity contribution in [3.63, 3.8) is 0 Å².